The number of aromatic hydroxyl groups is 1. The number of para-hydroxylation sites is 1. The van der Waals surface area contributed by atoms with Crippen LogP contribution in [0.3, 0.4) is 0 Å². The van der Waals surface area contributed by atoms with Gasteiger partial charge in [-0.15, -0.1) is 0 Å². The van der Waals surface area contributed by atoms with Crippen LogP contribution in [0.2, 0.25) is 0 Å². The van der Waals surface area contributed by atoms with Gasteiger partial charge in [0.25, 0.3) is 0 Å². The van der Waals surface area contributed by atoms with Crippen molar-refractivity contribution in [2.45, 2.75) is 0 Å². The van der Waals surface area contributed by atoms with Gasteiger partial charge in [-0.2, -0.15) is 0 Å². The number of esters is 1. The number of ether oxygens (including phenoxy) is 1. The van der Waals surface area contributed by atoms with Crippen molar-refractivity contribution in [1.29, 1.82) is 0 Å². The molecule has 0 bridgehead atoms. The summed E-state index contributed by atoms with van der Waals surface area (Å²) in [6, 6.07) is 10.2. The molecular formula is C19H13BrN2O4. The molecular weight excluding hydrogens is 400 g/mol. The van der Waals surface area contributed by atoms with Gasteiger partial charge in [0.05, 0.1) is 35.0 Å². The highest BCUT2D eigenvalue weighted by atomic mass is 79.9. The number of methoxy groups -OCH3 is 1. The number of nitrogens with zero attached hydrogens (tertiary/aromatic N) is 2. The van der Waals surface area contributed by atoms with Crippen molar-refractivity contribution in [3.63, 3.8) is 0 Å². The Morgan fingerprint density at radius 2 is 2.04 bits per heavy atom. The number of aliphatic imine (C=N–C) groups is 1. The number of ketones is 1. The molecule has 7 heteroatoms. The number of fused-ring (bicyclic) bond motifs is 2. The summed E-state index contributed by atoms with van der Waals surface area (Å²) in [6.45, 7) is 0. The van der Waals surface area contributed by atoms with Crippen LogP contribution in [0.1, 0.15) is 26.3 Å². The highest BCUT2D eigenvalue weighted by molar-refractivity contribution is 9.10. The Labute approximate surface area is 156 Å². The molecule has 0 saturated heterocycles. The Kier molecular flexibility index (Phi) is 3.69. The van der Waals surface area contributed by atoms with E-state index in [2.05, 4.69) is 20.9 Å². The second kappa shape index (κ2) is 5.81. The molecule has 0 fully saturated rings. The van der Waals surface area contributed by atoms with E-state index in [1.807, 2.05) is 18.2 Å². The molecule has 0 atom stereocenters. The molecule has 6 nitrogen and oxygen atoms in total. The van der Waals surface area contributed by atoms with Crippen LogP contribution in [0.5, 0.6) is 5.88 Å². The quantitative estimate of drug-likeness (QED) is 0.649. The van der Waals surface area contributed by atoms with Gasteiger partial charge in [-0.3, -0.25) is 4.79 Å². The normalized spacial score (nSPS) is 13.0. The minimum atomic E-state index is -0.522. The average Bonchev–Trinajstić information content (AvgIpc) is 3.09. The fourth-order valence-corrected chi connectivity index (χ4v) is 3.85. The molecule has 1 aliphatic rings. The smallest absolute Gasteiger partial charge is 0.337 e. The molecule has 130 valence electrons. The third-order valence-electron chi connectivity index (χ3n) is 4.48. The zero-order chi connectivity index (χ0) is 18.6. The zero-order valence-electron chi connectivity index (χ0n) is 13.9. The second-order valence-corrected chi connectivity index (χ2v) is 6.76. The lowest BCUT2D eigenvalue weighted by Gasteiger charge is -2.01. The molecule has 0 aliphatic carbocycles. The largest absolute Gasteiger partial charge is 0.494 e. The minimum absolute atomic E-state index is 0.0417. The zero-order valence-corrected chi connectivity index (χ0v) is 15.5. The number of carbonyl (C=O) groups is 2. The maximum atomic E-state index is 12.9. The van der Waals surface area contributed by atoms with Crippen molar-refractivity contribution < 1.29 is 19.4 Å². The third-order valence-corrected chi connectivity index (χ3v) is 5.12. The molecule has 0 amide bonds. The Balaban J connectivity index is 1.90. The fourth-order valence-electron chi connectivity index (χ4n) is 3.21. The van der Waals surface area contributed by atoms with E-state index < -0.39 is 5.97 Å². The average molecular weight is 413 g/mol. The number of hydrogen-bond acceptors (Lipinski definition) is 5. The van der Waals surface area contributed by atoms with Crippen molar-refractivity contribution in [2.24, 2.45) is 12.0 Å². The number of aromatic nitrogens is 1. The van der Waals surface area contributed by atoms with E-state index in [4.69, 9.17) is 4.74 Å². The number of rotatable bonds is 2. The first-order valence-corrected chi connectivity index (χ1v) is 8.55. The molecule has 0 saturated carbocycles. The number of aryl methyl sites for hydroxylation is 1. The van der Waals surface area contributed by atoms with Gasteiger partial charge < -0.3 is 14.4 Å². The van der Waals surface area contributed by atoms with E-state index in [1.165, 1.54) is 13.2 Å². The van der Waals surface area contributed by atoms with E-state index in [1.54, 1.807) is 23.7 Å². The predicted molar refractivity (Wildman–Crippen MR) is 101 cm³/mol. The summed E-state index contributed by atoms with van der Waals surface area (Å²) in [5.41, 5.74) is 2.36. The topological polar surface area (TPSA) is 80.9 Å². The van der Waals surface area contributed by atoms with E-state index >= 15 is 0 Å². The molecule has 0 radical (unpaired) electrons. The summed E-state index contributed by atoms with van der Waals surface area (Å²) >= 11 is 3.47. The Bertz CT molecular complexity index is 1140. The fraction of sp³-hybridized carbons (Fsp3) is 0.105. The van der Waals surface area contributed by atoms with Gasteiger partial charge >= 0.3 is 5.97 Å². The standard InChI is InChI=1S/C19H13BrN2O4/c1-22-16-10(4-3-5-12(16)20)14(18(22)24)15-17(23)11-8-9(19(25)26-2)6-7-13(11)21-15/h3-8,24H,1-2H3. The molecule has 0 unspecified atom stereocenters. The SMILES string of the molecule is COC(=O)c1ccc2c(c1)C(=O)C(c1c(O)n(C)c3c(Br)cccc13)=N2. The summed E-state index contributed by atoms with van der Waals surface area (Å²) in [6.07, 6.45) is 0. The molecule has 1 aliphatic heterocycles. The van der Waals surface area contributed by atoms with Crippen LogP contribution in [0, 0.1) is 0 Å². The van der Waals surface area contributed by atoms with Crippen LogP contribution < -0.4 is 0 Å². The number of halogens is 1. The first kappa shape index (κ1) is 16.5. The molecule has 2 aromatic carbocycles. The monoisotopic (exact) mass is 412 g/mol. The second-order valence-electron chi connectivity index (χ2n) is 5.91. The maximum absolute atomic E-state index is 12.9. The summed E-state index contributed by atoms with van der Waals surface area (Å²) in [5.74, 6) is -0.903. The Morgan fingerprint density at radius 1 is 1.27 bits per heavy atom. The number of carbonyl (C=O) groups excluding carboxylic acids is 2. The minimum Gasteiger partial charge on any atom is -0.494 e. The van der Waals surface area contributed by atoms with Crippen LogP contribution in [0.25, 0.3) is 10.9 Å². The summed E-state index contributed by atoms with van der Waals surface area (Å²) in [7, 11) is 3.00. The molecule has 2 heterocycles. The van der Waals surface area contributed by atoms with E-state index in [9.17, 15) is 14.7 Å². The van der Waals surface area contributed by atoms with Crippen LogP contribution in [0.4, 0.5) is 5.69 Å². The van der Waals surface area contributed by atoms with Crippen LogP contribution in [-0.4, -0.2) is 34.2 Å². The van der Waals surface area contributed by atoms with Crippen LogP contribution in [0.15, 0.2) is 45.9 Å². The number of Topliss-reactive ketones (excluding diaryl/α,β-unsaturated/α-hetero) is 1. The lowest BCUT2D eigenvalue weighted by atomic mass is 10.0. The van der Waals surface area contributed by atoms with Gasteiger partial charge in [-0.05, 0) is 40.2 Å². The van der Waals surface area contributed by atoms with E-state index in [-0.39, 0.29) is 22.9 Å². The summed E-state index contributed by atoms with van der Waals surface area (Å²) in [5, 5.41) is 11.3. The van der Waals surface area contributed by atoms with Crippen LogP contribution in [-0.2, 0) is 11.8 Å². The molecule has 3 aromatic rings. The van der Waals surface area contributed by atoms with Crippen molar-refractivity contribution in [3.05, 3.63) is 57.6 Å². The lowest BCUT2D eigenvalue weighted by molar-refractivity contribution is 0.0600. The first-order chi connectivity index (χ1) is 12.4. The molecule has 0 spiro atoms. The van der Waals surface area contributed by atoms with Crippen LogP contribution >= 0.6 is 15.9 Å². The lowest BCUT2D eigenvalue weighted by Crippen LogP contribution is -2.12. The van der Waals surface area contributed by atoms with Crippen molar-refractivity contribution in [2.75, 3.05) is 7.11 Å². The molecule has 1 aromatic heterocycles. The third kappa shape index (κ3) is 2.20. The molecule has 26 heavy (non-hydrogen) atoms. The van der Waals surface area contributed by atoms with Gasteiger partial charge in [-0.1, -0.05) is 12.1 Å². The molecule has 4 rings (SSSR count). The van der Waals surface area contributed by atoms with E-state index in [0.717, 1.165) is 9.99 Å². The highest BCUT2D eigenvalue weighted by Crippen LogP contribution is 2.39. The van der Waals surface area contributed by atoms with Gasteiger partial charge in [0.15, 0.2) is 0 Å². The van der Waals surface area contributed by atoms with Gasteiger partial charge in [0.2, 0.25) is 11.7 Å². The van der Waals surface area contributed by atoms with Crippen molar-refractivity contribution in [3.8, 4) is 5.88 Å². The highest BCUT2D eigenvalue weighted by Gasteiger charge is 2.32. The predicted octanol–water partition coefficient (Wildman–Crippen LogP) is 3.75. The number of benzene rings is 2. The Morgan fingerprint density at radius 3 is 2.77 bits per heavy atom. The van der Waals surface area contributed by atoms with Crippen molar-refractivity contribution >= 4 is 50.0 Å². The van der Waals surface area contributed by atoms with Crippen molar-refractivity contribution in [1.82, 2.24) is 4.57 Å². The Hall–Kier alpha value is -2.93. The van der Waals surface area contributed by atoms with Gasteiger partial charge in [0, 0.05) is 16.9 Å². The number of hydrogen-bond donors (Lipinski definition) is 1. The maximum Gasteiger partial charge on any atom is 0.337 e. The van der Waals surface area contributed by atoms with Gasteiger partial charge in [-0.25, -0.2) is 9.79 Å². The summed E-state index contributed by atoms with van der Waals surface area (Å²) in [4.78, 5) is 29.1. The summed E-state index contributed by atoms with van der Waals surface area (Å²) < 4.78 is 7.11. The van der Waals surface area contributed by atoms with Gasteiger partial charge in [0.1, 0.15) is 5.71 Å². The van der Waals surface area contributed by atoms with E-state index in [0.29, 0.717) is 22.2 Å². The molecule has 1 N–H and O–H groups in total. The first-order valence-electron chi connectivity index (χ1n) is 7.76.